The summed E-state index contributed by atoms with van der Waals surface area (Å²) in [5.41, 5.74) is 2.68. The minimum atomic E-state index is -0.113. The van der Waals surface area contributed by atoms with Crippen molar-refractivity contribution in [1.82, 2.24) is 0 Å². The third-order valence-corrected chi connectivity index (χ3v) is 6.14. The Morgan fingerprint density at radius 3 is 2.78 bits per heavy atom. The van der Waals surface area contributed by atoms with Crippen LogP contribution < -0.4 is 4.90 Å². The number of carbonyl (C=O) groups is 1. The Morgan fingerprint density at radius 2 is 2.09 bits per heavy atom. The number of esters is 1. The van der Waals surface area contributed by atoms with Crippen molar-refractivity contribution in [3.8, 4) is 0 Å². The van der Waals surface area contributed by atoms with Gasteiger partial charge in [0.05, 0.1) is 6.61 Å². The van der Waals surface area contributed by atoms with E-state index in [-0.39, 0.29) is 11.5 Å². The Kier molecular flexibility index (Phi) is 5.00. The SMILES string of the molecule is CCOC(=O)CN1c2cccc(Br)c2C(C)CC12CCCCC2. The molecular formula is C19H26BrNO2. The number of nitrogens with zero attached hydrogens (tertiary/aromatic N) is 1. The van der Waals surface area contributed by atoms with Gasteiger partial charge in [-0.25, -0.2) is 0 Å². The maximum absolute atomic E-state index is 12.2. The largest absolute Gasteiger partial charge is 0.465 e. The maximum Gasteiger partial charge on any atom is 0.325 e. The molecule has 1 aliphatic heterocycles. The molecule has 0 saturated heterocycles. The fraction of sp³-hybridized carbons (Fsp3) is 0.632. The van der Waals surface area contributed by atoms with Crippen molar-refractivity contribution < 1.29 is 9.53 Å². The van der Waals surface area contributed by atoms with Gasteiger partial charge in [0.1, 0.15) is 6.54 Å². The number of benzene rings is 1. The number of anilines is 1. The first-order valence-corrected chi connectivity index (χ1v) is 9.58. The Labute approximate surface area is 147 Å². The number of hydrogen-bond acceptors (Lipinski definition) is 3. The van der Waals surface area contributed by atoms with Crippen molar-refractivity contribution in [1.29, 1.82) is 0 Å². The highest BCUT2D eigenvalue weighted by Gasteiger charge is 2.45. The lowest BCUT2D eigenvalue weighted by Crippen LogP contribution is -2.55. The van der Waals surface area contributed by atoms with E-state index in [1.54, 1.807) is 0 Å². The average molecular weight is 380 g/mol. The van der Waals surface area contributed by atoms with Gasteiger partial charge in [-0.15, -0.1) is 0 Å². The van der Waals surface area contributed by atoms with Gasteiger partial charge in [0.2, 0.25) is 0 Å². The molecule has 0 aromatic heterocycles. The van der Waals surface area contributed by atoms with E-state index in [1.165, 1.54) is 43.4 Å². The summed E-state index contributed by atoms with van der Waals surface area (Å²) in [6.45, 7) is 5.00. The predicted octanol–water partition coefficient (Wildman–Crippen LogP) is 5.03. The van der Waals surface area contributed by atoms with Crippen LogP contribution in [0.25, 0.3) is 0 Å². The zero-order valence-corrected chi connectivity index (χ0v) is 15.7. The number of ether oxygens (including phenoxy) is 1. The first kappa shape index (κ1) is 16.8. The average Bonchev–Trinajstić information content (AvgIpc) is 2.52. The van der Waals surface area contributed by atoms with Crippen molar-refractivity contribution in [2.75, 3.05) is 18.1 Å². The van der Waals surface area contributed by atoms with Gasteiger partial charge in [-0.1, -0.05) is 48.2 Å². The van der Waals surface area contributed by atoms with E-state index in [9.17, 15) is 4.79 Å². The molecule has 3 nitrogen and oxygen atoms in total. The number of halogens is 1. The third kappa shape index (κ3) is 3.15. The van der Waals surface area contributed by atoms with Crippen LogP contribution in [0.2, 0.25) is 0 Å². The van der Waals surface area contributed by atoms with E-state index >= 15 is 0 Å². The van der Waals surface area contributed by atoms with Crippen LogP contribution in [0.4, 0.5) is 5.69 Å². The Bertz CT molecular complexity index is 581. The van der Waals surface area contributed by atoms with Gasteiger partial charge in [-0.05, 0) is 49.8 Å². The van der Waals surface area contributed by atoms with Gasteiger partial charge in [0.25, 0.3) is 0 Å². The molecule has 4 heteroatoms. The number of rotatable bonds is 3. The number of hydrogen-bond donors (Lipinski definition) is 0. The van der Waals surface area contributed by atoms with E-state index in [0.717, 1.165) is 10.9 Å². The van der Waals surface area contributed by atoms with Gasteiger partial charge in [-0.2, -0.15) is 0 Å². The van der Waals surface area contributed by atoms with Crippen LogP contribution in [0.1, 0.15) is 63.9 Å². The third-order valence-electron chi connectivity index (χ3n) is 5.45. The summed E-state index contributed by atoms with van der Waals surface area (Å²) in [4.78, 5) is 14.6. The smallest absolute Gasteiger partial charge is 0.325 e. The molecule has 23 heavy (non-hydrogen) atoms. The van der Waals surface area contributed by atoms with Crippen molar-refractivity contribution in [3.05, 3.63) is 28.2 Å². The number of fused-ring (bicyclic) bond motifs is 1. The molecule has 0 N–H and O–H groups in total. The first-order valence-electron chi connectivity index (χ1n) is 8.79. The van der Waals surface area contributed by atoms with Crippen molar-refractivity contribution in [3.63, 3.8) is 0 Å². The summed E-state index contributed by atoms with van der Waals surface area (Å²) in [5.74, 6) is 0.398. The monoisotopic (exact) mass is 379 g/mol. The van der Waals surface area contributed by atoms with E-state index in [4.69, 9.17) is 4.74 Å². The zero-order chi connectivity index (χ0) is 16.4. The molecule has 1 aromatic carbocycles. The molecule has 1 heterocycles. The highest BCUT2D eigenvalue weighted by atomic mass is 79.9. The van der Waals surface area contributed by atoms with Crippen LogP contribution >= 0.6 is 15.9 Å². The second-order valence-corrected chi connectivity index (χ2v) is 7.81. The van der Waals surface area contributed by atoms with E-state index in [2.05, 4.69) is 46.0 Å². The quantitative estimate of drug-likeness (QED) is 0.689. The molecule has 1 spiro atoms. The number of carbonyl (C=O) groups excluding carboxylic acids is 1. The molecule has 126 valence electrons. The van der Waals surface area contributed by atoms with Crippen molar-refractivity contribution in [2.24, 2.45) is 0 Å². The topological polar surface area (TPSA) is 29.5 Å². The van der Waals surface area contributed by atoms with Crippen molar-refractivity contribution >= 4 is 27.6 Å². The van der Waals surface area contributed by atoms with Crippen LogP contribution in [0, 0.1) is 0 Å². The molecular weight excluding hydrogens is 354 g/mol. The van der Waals surface area contributed by atoms with Gasteiger partial charge < -0.3 is 9.64 Å². The summed E-state index contributed by atoms with van der Waals surface area (Å²) in [7, 11) is 0. The Balaban J connectivity index is 2.02. The summed E-state index contributed by atoms with van der Waals surface area (Å²) in [5, 5.41) is 0. The van der Waals surface area contributed by atoms with Gasteiger partial charge in [0, 0.05) is 15.7 Å². The predicted molar refractivity (Wildman–Crippen MR) is 97.0 cm³/mol. The van der Waals surface area contributed by atoms with Gasteiger partial charge in [0.15, 0.2) is 0 Å². The molecule has 1 unspecified atom stereocenters. The van der Waals surface area contributed by atoms with Crippen LogP contribution in [0.15, 0.2) is 22.7 Å². The molecule has 0 bridgehead atoms. The lowest BCUT2D eigenvalue weighted by atomic mass is 9.70. The molecule has 3 rings (SSSR count). The second-order valence-electron chi connectivity index (χ2n) is 6.95. The van der Waals surface area contributed by atoms with Crippen LogP contribution in [-0.2, 0) is 9.53 Å². The fourth-order valence-electron chi connectivity index (χ4n) is 4.56. The fourth-order valence-corrected chi connectivity index (χ4v) is 5.31. The molecule has 1 atom stereocenters. The maximum atomic E-state index is 12.2. The van der Waals surface area contributed by atoms with Gasteiger partial charge >= 0.3 is 5.97 Å². The van der Waals surface area contributed by atoms with Crippen LogP contribution in [0.5, 0.6) is 0 Å². The lowest BCUT2D eigenvalue weighted by Gasteiger charge is -2.53. The second kappa shape index (κ2) is 6.84. The molecule has 1 saturated carbocycles. The van der Waals surface area contributed by atoms with Crippen molar-refractivity contribution in [2.45, 2.75) is 63.8 Å². The summed E-state index contributed by atoms with van der Waals surface area (Å²) in [6, 6.07) is 6.36. The minimum Gasteiger partial charge on any atom is -0.465 e. The normalized spacial score (nSPS) is 22.7. The first-order chi connectivity index (χ1) is 11.1. The molecule has 0 amide bonds. The lowest BCUT2D eigenvalue weighted by molar-refractivity contribution is -0.141. The molecule has 0 radical (unpaired) electrons. The minimum absolute atomic E-state index is 0.113. The Hall–Kier alpha value is -1.03. The van der Waals surface area contributed by atoms with E-state index in [1.807, 2.05) is 6.92 Å². The standard InChI is InChI=1S/C19H26BrNO2/c1-3-23-17(22)13-21-16-9-7-8-15(20)18(16)14(2)12-19(21)10-5-4-6-11-19/h7-9,14H,3-6,10-13H2,1-2H3. The summed E-state index contributed by atoms with van der Waals surface area (Å²) in [6.07, 6.45) is 7.33. The Morgan fingerprint density at radius 1 is 1.35 bits per heavy atom. The molecule has 1 aliphatic carbocycles. The van der Waals surface area contributed by atoms with Crippen LogP contribution in [-0.4, -0.2) is 24.7 Å². The van der Waals surface area contributed by atoms with E-state index in [0.29, 0.717) is 19.1 Å². The molecule has 1 aromatic rings. The summed E-state index contributed by atoms with van der Waals surface area (Å²) < 4.78 is 6.41. The molecule has 2 aliphatic rings. The molecule has 1 fully saturated rings. The van der Waals surface area contributed by atoms with Gasteiger partial charge in [-0.3, -0.25) is 4.79 Å². The highest BCUT2D eigenvalue weighted by Crippen LogP contribution is 2.51. The highest BCUT2D eigenvalue weighted by molar-refractivity contribution is 9.10. The van der Waals surface area contributed by atoms with Crippen LogP contribution in [0.3, 0.4) is 0 Å². The summed E-state index contributed by atoms with van der Waals surface area (Å²) >= 11 is 3.72. The van der Waals surface area contributed by atoms with E-state index < -0.39 is 0 Å². The zero-order valence-electron chi connectivity index (χ0n) is 14.1.